The highest BCUT2D eigenvalue weighted by molar-refractivity contribution is 6.30. The van der Waals surface area contributed by atoms with E-state index in [-0.39, 0.29) is 18.2 Å². The molecule has 0 saturated heterocycles. The first-order valence-electron chi connectivity index (χ1n) is 8.83. The van der Waals surface area contributed by atoms with Crippen molar-refractivity contribution in [3.05, 3.63) is 81.9 Å². The minimum absolute atomic E-state index is 0.200. The standard InChI is InChI=1S/C20H17ClN6O2/c1-13-2-6-15(7-3-13)22-17-10-11-26-19(24-17)25-27(20(26)29)12-18(28)23-16-8-4-14(21)5-9-16/h2-11H,12H2,1H3,(H,23,28)(H,22,24,25). The predicted octanol–water partition coefficient (Wildman–Crippen LogP) is 3.24. The van der Waals surface area contributed by atoms with E-state index in [1.54, 1.807) is 36.5 Å². The molecule has 0 fully saturated rings. The second-order valence-corrected chi connectivity index (χ2v) is 6.91. The van der Waals surface area contributed by atoms with Gasteiger partial charge in [-0.15, -0.1) is 5.10 Å². The molecule has 2 aromatic heterocycles. The van der Waals surface area contributed by atoms with E-state index in [1.807, 2.05) is 31.2 Å². The van der Waals surface area contributed by atoms with Crippen LogP contribution in [0.4, 0.5) is 17.2 Å². The first-order chi connectivity index (χ1) is 14.0. The van der Waals surface area contributed by atoms with E-state index in [1.165, 1.54) is 4.40 Å². The zero-order chi connectivity index (χ0) is 20.4. The second-order valence-electron chi connectivity index (χ2n) is 6.47. The van der Waals surface area contributed by atoms with Gasteiger partial charge in [-0.3, -0.25) is 4.79 Å². The van der Waals surface area contributed by atoms with Crippen molar-refractivity contribution >= 4 is 40.5 Å². The molecule has 0 unspecified atom stereocenters. The molecule has 2 heterocycles. The summed E-state index contributed by atoms with van der Waals surface area (Å²) in [6, 6.07) is 16.2. The summed E-state index contributed by atoms with van der Waals surface area (Å²) in [5.74, 6) is 0.367. The zero-order valence-corrected chi connectivity index (χ0v) is 16.2. The summed E-state index contributed by atoms with van der Waals surface area (Å²) in [5.41, 5.74) is 2.16. The summed E-state index contributed by atoms with van der Waals surface area (Å²) < 4.78 is 2.36. The van der Waals surface area contributed by atoms with Crippen LogP contribution in [-0.4, -0.2) is 25.1 Å². The number of halogens is 1. The van der Waals surface area contributed by atoms with Crippen LogP contribution in [0, 0.1) is 6.92 Å². The van der Waals surface area contributed by atoms with Gasteiger partial charge >= 0.3 is 5.69 Å². The van der Waals surface area contributed by atoms with Crippen LogP contribution in [0.5, 0.6) is 0 Å². The summed E-state index contributed by atoms with van der Waals surface area (Å²) in [5, 5.41) is 10.6. The quantitative estimate of drug-likeness (QED) is 0.528. The van der Waals surface area contributed by atoms with Crippen molar-refractivity contribution < 1.29 is 4.79 Å². The molecule has 2 aromatic carbocycles. The zero-order valence-electron chi connectivity index (χ0n) is 15.5. The maximum absolute atomic E-state index is 12.5. The van der Waals surface area contributed by atoms with Gasteiger partial charge < -0.3 is 10.6 Å². The first-order valence-corrected chi connectivity index (χ1v) is 9.21. The molecule has 0 saturated carbocycles. The first kappa shape index (κ1) is 18.7. The van der Waals surface area contributed by atoms with E-state index < -0.39 is 5.69 Å². The highest BCUT2D eigenvalue weighted by atomic mass is 35.5. The van der Waals surface area contributed by atoms with Crippen molar-refractivity contribution in [3.8, 4) is 0 Å². The molecule has 1 amide bonds. The number of amides is 1. The number of anilines is 3. The number of hydrogen-bond donors (Lipinski definition) is 2. The number of carbonyl (C=O) groups excluding carboxylic acids is 1. The fourth-order valence-corrected chi connectivity index (χ4v) is 2.86. The van der Waals surface area contributed by atoms with Crippen LogP contribution < -0.4 is 16.3 Å². The van der Waals surface area contributed by atoms with Gasteiger partial charge in [0.2, 0.25) is 5.91 Å². The highest BCUT2D eigenvalue weighted by Gasteiger charge is 2.12. The van der Waals surface area contributed by atoms with Gasteiger partial charge in [0.1, 0.15) is 12.4 Å². The average molecular weight is 409 g/mol. The van der Waals surface area contributed by atoms with Crippen LogP contribution in [-0.2, 0) is 11.3 Å². The number of aromatic nitrogens is 4. The third kappa shape index (κ3) is 4.27. The lowest BCUT2D eigenvalue weighted by atomic mass is 10.2. The van der Waals surface area contributed by atoms with Crippen molar-refractivity contribution in [2.75, 3.05) is 10.6 Å². The Bertz CT molecular complexity index is 1230. The van der Waals surface area contributed by atoms with E-state index in [4.69, 9.17) is 11.6 Å². The Kier molecular flexibility index (Phi) is 5.01. The lowest BCUT2D eigenvalue weighted by molar-refractivity contribution is -0.117. The van der Waals surface area contributed by atoms with Crippen LogP contribution in [0.1, 0.15) is 5.56 Å². The third-order valence-corrected chi connectivity index (χ3v) is 4.45. The number of nitrogens with one attached hydrogen (secondary N) is 2. The summed E-state index contributed by atoms with van der Waals surface area (Å²) >= 11 is 5.83. The lowest BCUT2D eigenvalue weighted by Gasteiger charge is -2.05. The van der Waals surface area contributed by atoms with Crippen LogP contribution >= 0.6 is 11.6 Å². The van der Waals surface area contributed by atoms with Gasteiger partial charge in [0, 0.05) is 22.6 Å². The Balaban J connectivity index is 1.52. The molecule has 9 heteroatoms. The molecule has 2 N–H and O–H groups in total. The number of nitrogens with zero attached hydrogens (tertiary/aromatic N) is 4. The number of fused-ring (bicyclic) bond motifs is 1. The number of benzene rings is 2. The van der Waals surface area contributed by atoms with Crippen LogP contribution in [0.2, 0.25) is 5.02 Å². The number of aryl methyl sites for hydroxylation is 1. The van der Waals surface area contributed by atoms with Crippen molar-refractivity contribution in [2.24, 2.45) is 0 Å². The van der Waals surface area contributed by atoms with Crippen molar-refractivity contribution in [1.82, 2.24) is 19.2 Å². The Morgan fingerprint density at radius 3 is 2.45 bits per heavy atom. The largest absolute Gasteiger partial charge is 0.352 e. The normalized spacial score (nSPS) is 10.8. The highest BCUT2D eigenvalue weighted by Crippen LogP contribution is 2.15. The summed E-state index contributed by atoms with van der Waals surface area (Å²) in [7, 11) is 0. The molecule has 4 aromatic rings. The second kappa shape index (κ2) is 7.76. The van der Waals surface area contributed by atoms with Crippen molar-refractivity contribution in [1.29, 1.82) is 0 Å². The van der Waals surface area contributed by atoms with Crippen molar-refractivity contribution in [3.63, 3.8) is 0 Å². The van der Waals surface area contributed by atoms with E-state index in [9.17, 15) is 9.59 Å². The minimum atomic E-state index is -0.444. The maximum atomic E-state index is 12.5. The van der Waals surface area contributed by atoms with Gasteiger partial charge in [0.25, 0.3) is 5.78 Å². The smallest absolute Gasteiger partial charge is 0.340 e. The molecule has 29 heavy (non-hydrogen) atoms. The number of carbonyl (C=O) groups is 1. The predicted molar refractivity (Wildman–Crippen MR) is 112 cm³/mol. The molecule has 0 aliphatic carbocycles. The summed E-state index contributed by atoms with van der Waals surface area (Å²) in [6.45, 7) is 1.78. The van der Waals surface area contributed by atoms with Gasteiger partial charge in [0.15, 0.2) is 0 Å². The molecule has 0 atom stereocenters. The molecule has 0 bridgehead atoms. The minimum Gasteiger partial charge on any atom is -0.340 e. The molecule has 0 aliphatic heterocycles. The monoisotopic (exact) mass is 408 g/mol. The Morgan fingerprint density at radius 1 is 1.03 bits per heavy atom. The fourth-order valence-electron chi connectivity index (χ4n) is 2.73. The maximum Gasteiger partial charge on any atom is 0.352 e. The van der Waals surface area contributed by atoms with E-state index >= 15 is 0 Å². The molecule has 0 radical (unpaired) electrons. The Hall–Kier alpha value is -3.65. The Labute approximate surface area is 170 Å². The molecule has 0 aliphatic rings. The van der Waals surface area contributed by atoms with Crippen molar-refractivity contribution in [2.45, 2.75) is 13.5 Å². The van der Waals surface area contributed by atoms with Gasteiger partial charge in [-0.1, -0.05) is 29.3 Å². The molecule has 4 rings (SSSR count). The molecule has 146 valence electrons. The van der Waals surface area contributed by atoms with Gasteiger partial charge in [-0.05, 0) is 49.4 Å². The van der Waals surface area contributed by atoms with E-state index in [0.29, 0.717) is 16.5 Å². The number of hydrogen-bond acceptors (Lipinski definition) is 5. The fraction of sp³-hybridized carbons (Fsp3) is 0.100. The Morgan fingerprint density at radius 2 is 1.72 bits per heavy atom. The van der Waals surface area contributed by atoms with Gasteiger partial charge in [-0.25, -0.2) is 13.9 Å². The van der Waals surface area contributed by atoms with Gasteiger partial charge in [0.05, 0.1) is 0 Å². The molecule has 8 nitrogen and oxygen atoms in total. The summed E-state index contributed by atoms with van der Waals surface area (Å²) in [4.78, 5) is 29.1. The average Bonchev–Trinajstić information content (AvgIpc) is 3.00. The topological polar surface area (TPSA) is 93.3 Å². The van der Waals surface area contributed by atoms with Crippen LogP contribution in [0.25, 0.3) is 5.78 Å². The molecular weight excluding hydrogens is 392 g/mol. The van der Waals surface area contributed by atoms with Crippen LogP contribution in [0.15, 0.2) is 65.6 Å². The third-order valence-electron chi connectivity index (χ3n) is 4.20. The van der Waals surface area contributed by atoms with E-state index in [0.717, 1.165) is 15.9 Å². The van der Waals surface area contributed by atoms with E-state index in [2.05, 4.69) is 20.7 Å². The lowest BCUT2D eigenvalue weighted by Crippen LogP contribution is -2.28. The van der Waals surface area contributed by atoms with Gasteiger partial charge in [-0.2, -0.15) is 4.98 Å². The number of rotatable bonds is 5. The van der Waals surface area contributed by atoms with Crippen LogP contribution in [0.3, 0.4) is 0 Å². The molecular formula is C20H17ClN6O2. The SMILES string of the molecule is Cc1ccc(Nc2ccn3c(=O)n(CC(=O)Nc4ccc(Cl)cc4)nc3n2)cc1. The summed E-state index contributed by atoms with van der Waals surface area (Å²) in [6.07, 6.45) is 1.57. The molecule has 0 spiro atoms.